The Hall–Kier alpha value is -1.34. The van der Waals surface area contributed by atoms with E-state index in [1.165, 1.54) is 0 Å². The van der Waals surface area contributed by atoms with Crippen molar-refractivity contribution < 1.29 is 47.5 Å². The second-order valence-corrected chi connectivity index (χ2v) is 9.48. The summed E-state index contributed by atoms with van der Waals surface area (Å²) in [4.78, 5) is 22.9. The minimum atomic E-state index is -0.505. The fraction of sp³-hybridized carbons (Fsp3) is 0.917. The summed E-state index contributed by atoms with van der Waals surface area (Å²) in [5.41, 5.74) is -1.01. The molecule has 0 aliphatic rings. The van der Waals surface area contributed by atoms with Crippen molar-refractivity contribution >= 4 is 11.9 Å². The first-order valence-electron chi connectivity index (χ1n) is 12.1. The molecular weight excluding hydrogens is 462 g/mol. The number of nitrogens with one attached hydrogen (secondary N) is 1. The summed E-state index contributed by atoms with van der Waals surface area (Å²) in [5, 5.41) is 3.22. The molecule has 0 atom stereocenters. The standard InChI is InChI=1S/C24H47NO10/c1-23(2,3)34-21(26)19-32-17-15-30-13-11-28-9-7-25-8-10-29-12-14-31-16-18-33-20-22(27)35-24(4,5)6/h25H,7-20H2,1-6H3. The van der Waals surface area contributed by atoms with Crippen LogP contribution in [-0.4, -0.2) is 116 Å². The highest BCUT2D eigenvalue weighted by Gasteiger charge is 2.16. The van der Waals surface area contributed by atoms with Gasteiger partial charge in [0.25, 0.3) is 0 Å². The largest absolute Gasteiger partial charge is 0.458 e. The first-order chi connectivity index (χ1) is 16.5. The van der Waals surface area contributed by atoms with Crippen molar-refractivity contribution in [3.63, 3.8) is 0 Å². The molecule has 0 heterocycles. The lowest BCUT2D eigenvalue weighted by Crippen LogP contribution is -2.27. The lowest BCUT2D eigenvalue weighted by molar-refractivity contribution is -0.161. The average Bonchev–Trinajstić information content (AvgIpc) is 2.72. The molecule has 0 aliphatic heterocycles. The number of ether oxygens (including phenoxy) is 8. The molecule has 0 radical (unpaired) electrons. The molecule has 0 spiro atoms. The summed E-state index contributed by atoms with van der Waals surface area (Å²) in [5.74, 6) is -0.767. The minimum absolute atomic E-state index is 0.0775. The van der Waals surface area contributed by atoms with E-state index in [0.717, 1.165) is 0 Å². The van der Waals surface area contributed by atoms with Gasteiger partial charge < -0.3 is 43.2 Å². The van der Waals surface area contributed by atoms with Gasteiger partial charge in [-0.1, -0.05) is 0 Å². The fourth-order valence-corrected chi connectivity index (χ4v) is 2.35. The van der Waals surface area contributed by atoms with Gasteiger partial charge >= 0.3 is 11.9 Å². The quantitative estimate of drug-likeness (QED) is 0.168. The molecule has 11 nitrogen and oxygen atoms in total. The van der Waals surface area contributed by atoms with Crippen molar-refractivity contribution in [3.05, 3.63) is 0 Å². The zero-order chi connectivity index (χ0) is 26.4. The van der Waals surface area contributed by atoms with Gasteiger partial charge in [-0.05, 0) is 41.5 Å². The Morgan fingerprint density at radius 3 is 1.09 bits per heavy atom. The fourth-order valence-electron chi connectivity index (χ4n) is 2.35. The molecule has 0 rings (SSSR count). The Balaban J connectivity index is 3.20. The van der Waals surface area contributed by atoms with Gasteiger partial charge in [0.2, 0.25) is 0 Å². The number of carbonyl (C=O) groups is 2. The van der Waals surface area contributed by atoms with E-state index in [4.69, 9.17) is 37.9 Å². The van der Waals surface area contributed by atoms with E-state index in [0.29, 0.717) is 79.2 Å². The second kappa shape index (κ2) is 20.8. The van der Waals surface area contributed by atoms with Crippen LogP contribution in [0.3, 0.4) is 0 Å². The van der Waals surface area contributed by atoms with Gasteiger partial charge in [-0.3, -0.25) is 0 Å². The summed E-state index contributed by atoms with van der Waals surface area (Å²) in [6.45, 7) is 16.6. The highest BCUT2D eigenvalue weighted by molar-refractivity contribution is 5.71. The van der Waals surface area contributed by atoms with Crippen molar-refractivity contribution in [3.8, 4) is 0 Å². The number of hydrogen-bond donors (Lipinski definition) is 1. The second-order valence-electron chi connectivity index (χ2n) is 9.48. The van der Waals surface area contributed by atoms with E-state index in [1.807, 2.05) is 41.5 Å². The van der Waals surface area contributed by atoms with Gasteiger partial charge in [0.05, 0.1) is 66.1 Å². The van der Waals surface area contributed by atoms with Crippen LogP contribution in [0.1, 0.15) is 41.5 Å². The van der Waals surface area contributed by atoms with Crippen molar-refractivity contribution in [1.82, 2.24) is 5.32 Å². The maximum absolute atomic E-state index is 11.5. The van der Waals surface area contributed by atoms with Crippen LogP contribution in [0.4, 0.5) is 0 Å². The Morgan fingerprint density at radius 1 is 0.486 bits per heavy atom. The minimum Gasteiger partial charge on any atom is -0.458 e. The van der Waals surface area contributed by atoms with Crippen LogP contribution >= 0.6 is 0 Å². The number of esters is 2. The number of rotatable bonds is 22. The molecule has 0 aliphatic carbocycles. The Labute approximate surface area is 210 Å². The summed E-state index contributed by atoms with van der Waals surface area (Å²) in [7, 11) is 0. The first-order valence-corrected chi connectivity index (χ1v) is 12.1. The molecule has 0 bridgehead atoms. The molecule has 0 amide bonds. The molecule has 0 aromatic heterocycles. The lowest BCUT2D eigenvalue weighted by atomic mass is 10.2. The highest BCUT2D eigenvalue weighted by Crippen LogP contribution is 2.07. The van der Waals surface area contributed by atoms with Crippen LogP contribution in [0.2, 0.25) is 0 Å². The molecule has 0 aromatic carbocycles. The maximum atomic E-state index is 11.5. The predicted molar refractivity (Wildman–Crippen MR) is 129 cm³/mol. The molecule has 35 heavy (non-hydrogen) atoms. The van der Waals surface area contributed by atoms with Gasteiger partial charge in [-0.15, -0.1) is 0 Å². The third-order valence-electron chi connectivity index (χ3n) is 3.61. The van der Waals surface area contributed by atoms with Gasteiger partial charge in [0, 0.05) is 13.1 Å². The van der Waals surface area contributed by atoms with E-state index < -0.39 is 11.2 Å². The molecule has 0 saturated heterocycles. The topological polar surface area (TPSA) is 120 Å². The van der Waals surface area contributed by atoms with Crippen LogP contribution in [0.15, 0.2) is 0 Å². The van der Waals surface area contributed by atoms with Gasteiger partial charge in [0.15, 0.2) is 0 Å². The molecular formula is C24H47NO10. The van der Waals surface area contributed by atoms with Crippen molar-refractivity contribution in [2.75, 3.05) is 92.4 Å². The van der Waals surface area contributed by atoms with Gasteiger partial charge in [0.1, 0.15) is 24.4 Å². The van der Waals surface area contributed by atoms with Crippen LogP contribution in [0.5, 0.6) is 0 Å². The van der Waals surface area contributed by atoms with E-state index in [1.54, 1.807) is 0 Å². The van der Waals surface area contributed by atoms with Gasteiger partial charge in [-0.25, -0.2) is 9.59 Å². The van der Waals surface area contributed by atoms with Crippen LogP contribution in [-0.2, 0) is 47.5 Å². The molecule has 0 aromatic rings. The monoisotopic (exact) mass is 509 g/mol. The number of hydrogen-bond acceptors (Lipinski definition) is 11. The van der Waals surface area contributed by atoms with Crippen molar-refractivity contribution in [2.45, 2.75) is 52.7 Å². The number of carbonyl (C=O) groups excluding carboxylic acids is 2. The molecule has 0 unspecified atom stereocenters. The summed E-state index contributed by atoms with van der Waals surface area (Å²) in [6.07, 6.45) is 0. The SMILES string of the molecule is CC(C)(C)OC(=O)COCCOCCOCCNCCOCCOCCOCC(=O)OC(C)(C)C. The Bertz CT molecular complexity index is 485. The van der Waals surface area contributed by atoms with E-state index in [-0.39, 0.29) is 25.2 Å². The van der Waals surface area contributed by atoms with E-state index in [9.17, 15) is 9.59 Å². The third-order valence-corrected chi connectivity index (χ3v) is 3.61. The highest BCUT2D eigenvalue weighted by atomic mass is 16.6. The summed E-state index contributed by atoms with van der Waals surface area (Å²) < 4.78 is 42.3. The smallest absolute Gasteiger partial charge is 0.332 e. The first kappa shape index (κ1) is 33.7. The normalized spacial score (nSPS) is 12.1. The maximum Gasteiger partial charge on any atom is 0.332 e. The predicted octanol–water partition coefficient (Wildman–Crippen LogP) is 1.36. The molecule has 208 valence electrons. The van der Waals surface area contributed by atoms with Crippen LogP contribution < -0.4 is 5.32 Å². The Kier molecular flexibility index (Phi) is 20.0. The molecule has 0 saturated carbocycles. The van der Waals surface area contributed by atoms with Crippen LogP contribution in [0.25, 0.3) is 0 Å². The molecule has 0 fully saturated rings. The third kappa shape index (κ3) is 28.8. The summed E-state index contributed by atoms with van der Waals surface area (Å²) in [6, 6.07) is 0. The summed E-state index contributed by atoms with van der Waals surface area (Å²) >= 11 is 0. The Morgan fingerprint density at radius 2 is 0.771 bits per heavy atom. The zero-order valence-corrected chi connectivity index (χ0v) is 22.5. The van der Waals surface area contributed by atoms with Crippen molar-refractivity contribution in [2.24, 2.45) is 0 Å². The van der Waals surface area contributed by atoms with Crippen LogP contribution in [0, 0.1) is 0 Å². The lowest BCUT2D eigenvalue weighted by Gasteiger charge is -2.19. The van der Waals surface area contributed by atoms with E-state index >= 15 is 0 Å². The van der Waals surface area contributed by atoms with Crippen molar-refractivity contribution in [1.29, 1.82) is 0 Å². The molecule has 1 N–H and O–H groups in total. The van der Waals surface area contributed by atoms with E-state index in [2.05, 4.69) is 5.32 Å². The zero-order valence-electron chi connectivity index (χ0n) is 22.5. The van der Waals surface area contributed by atoms with Gasteiger partial charge in [-0.2, -0.15) is 0 Å². The average molecular weight is 510 g/mol. The molecule has 11 heteroatoms.